The van der Waals surface area contributed by atoms with Crippen molar-refractivity contribution in [1.82, 2.24) is 9.78 Å². The van der Waals surface area contributed by atoms with Gasteiger partial charge in [0.15, 0.2) is 0 Å². The maximum Gasteiger partial charge on any atom is 0.292 e. The summed E-state index contributed by atoms with van der Waals surface area (Å²) in [6.45, 7) is 0.804. The zero-order valence-electron chi connectivity index (χ0n) is 10.5. The summed E-state index contributed by atoms with van der Waals surface area (Å²) in [6.07, 6.45) is 3.40. The Bertz CT molecular complexity index is 614. The van der Waals surface area contributed by atoms with Crippen molar-refractivity contribution in [2.75, 3.05) is 11.9 Å². The van der Waals surface area contributed by atoms with Crippen LogP contribution < -0.4 is 5.32 Å². The average Bonchev–Trinajstić information content (AvgIpc) is 2.84. The molecule has 1 heterocycles. The molecule has 2 N–H and O–H groups in total. The van der Waals surface area contributed by atoms with Crippen molar-refractivity contribution in [3.05, 3.63) is 51.3 Å². The molecule has 0 aliphatic carbocycles. The molecule has 1 aromatic carbocycles. The lowest BCUT2D eigenvalue weighted by Gasteiger charge is -2.06. The van der Waals surface area contributed by atoms with Crippen LogP contribution in [0.4, 0.5) is 11.4 Å². The minimum atomic E-state index is -0.464. The summed E-state index contributed by atoms with van der Waals surface area (Å²) in [6, 6.07) is 4.35. The molecule has 0 fully saturated rings. The van der Waals surface area contributed by atoms with Crippen molar-refractivity contribution in [1.29, 1.82) is 0 Å². The summed E-state index contributed by atoms with van der Waals surface area (Å²) < 4.78 is 1.60. The van der Waals surface area contributed by atoms with Gasteiger partial charge < -0.3 is 10.4 Å². The second-order valence-electron chi connectivity index (χ2n) is 4.11. The van der Waals surface area contributed by atoms with Crippen molar-refractivity contribution in [2.45, 2.75) is 13.1 Å². The third-order valence-electron chi connectivity index (χ3n) is 2.65. The largest absolute Gasteiger partial charge is 0.394 e. The van der Waals surface area contributed by atoms with E-state index < -0.39 is 4.92 Å². The lowest BCUT2D eigenvalue weighted by Crippen LogP contribution is -2.03. The highest BCUT2D eigenvalue weighted by Gasteiger charge is 2.13. The number of aromatic nitrogens is 2. The first-order chi connectivity index (χ1) is 9.60. The predicted molar refractivity (Wildman–Crippen MR) is 74.7 cm³/mol. The number of aliphatic hydroxyl groups is 1. The Kier molecular flexibility index (Phi) is 4.54. The molecule has 0 atom stereocenters. The van der Waals surface area contributed by atoms with Gasteiger partial charge in [-0.25, -0.2) is 0 Å². The first kappa shape index (κ1) is 14.3. The first-order valence-corrected chi connectivity index (χ1v) is 6.28. The van der Waals surface area contributed by atoms with Crippen LogP contribution in [-0.2, 0) is 13.1 Å². The van der Waals surface area contributed by atoms with E-state index in [1.165, 1.54) is 18.2 Å². The van der Waals surface area contributed by atoms with Gasteiger partial charge in [-0.3, -0.25) is 14.8 Å². The van der Waals surface area contributed by atoms with Crippen LogP contribution in [0.3, 0.4) is 0 Å². The van der Waals surface area contributed by atoms with E-state index in [9.17, 15) is 10.1 Å². The van der Waals surface area contributed by atoms with E-state index >= 15 is 0 Å². The molecule has 20 heavy (non-hydrogen) atoms. The van der Waals surface area contributed by atoms with E-state index in [2.05, 4.69) is 10.4 Å². The number of aliphatic hydroxyl groups excluding tert-OH is 1. The molecule has 8 heteroatoms. The molecular weight excluding hydrogens is 284 g/mol. The Balaban J connectivity index is 2.09. The number of nitrogens with one attached hydrogen (secondary N) is 1. The smallest absolute Gasteiger partial charge is 0.292 e. The van der Waals surface area contributed by atoms with Gasteiger partial charge in [-0.1, -0.05) is 11.6 Å². The minimum absolute atomic E-state index is 0.00825. The first-order valence-electron chi connectivity index (χ1n) is 5.90. The highest BCUT2D eigenvalue weighted by atomic mass is 35.5. The van der Waals surface area contributed by atoms with Crippen molar-refractivity contribution in [3.63, 3.8) is 0 Å². The molecule has 0 aliphatic rings. The fourth-order valence-electron chi connectivity index (χ4n) is 1.73. The van der Waals surface area contributed by atoms with Crippen molar-refractivity contribution < 1.29 is 10.0 Å². The molecule has 0 unspecified atom stereocenters. The summed E-state index contributed by atoms with van der Waals surface area (Å²) in [5.41, 5.74) is 1.18. The molecule has 0 bridgehead atoms. The average molecular weight is 297 g/mol. The SMILES string of the molecule is O=[N+]([O-])c1ccc(Cl)cc1NCc1cnn(CCO)c1. The van der Waals surface area contributed by atoms with E-state index in [1.54, 1.807) is 17.1 Å². The van der Waals surface area contributed by atoms with E-state index in [0.717, 1.165) is 5.56 Å². The standard InChI is InChI=1S/C12H13ClN4O3/c13-10-1-2-12(17(19)20)11(5-10)14-6-9-7-15-16(8-9)3-4-18/h1-2,5,7-8,14,18H,3-4,6H2. The van der Waals surface area contributed by atoms with Gasteiger partial charge in [0, 0.05) is 29.4 Å². The van der Waals surface area contributed by atoms with Crippen LogP contribution in [0.1, 0.15) is 5.56 Å². The molecule has 2 rings (SSSR count). The monoisotopic (exact) mass is 296 g/mol. The highest BCUT2D eigenvalue weighted by Crippen LogP contribution is 2.27. The van der Waals surface area contributed by atoms with E-state index in [0.29, 0.717) is 23.8 Å². The molecule has 0 radical (unpaired) electrons. The zero-order chi connectivity index (χ0) is 14.5. The van der Waals surface area contributed by atoms with Gasteiger partial charge in [0.2, 0.25) is 0 Å². The van der Waals surface area contributed by atoms with E-state index in [1.807, 2.05) is 0 Å². The normalized spacial score (nSPS) is 10.5. The van der Waals surface area contributed by atoms with Gasteiger partial charge in [0.1, 0.15) is 5.69 Å². The summed E-state index contributed by atoms with van der Waals surface area (Å²) in [5.74, 6) is 0. The quantitative estimate of drug-likeness (QED) is 0.628. The lowest BCUT2D eigenvalue weighted by molar-refractivity contribution is -0.384. The number of nitrogens with zero attached hydrogens (tertiary/aromatic N) is 3. The van der Waals surface area contributed by atoms with Crippen LogP contribution in [0.15, 0.2) is 30.6 Å². The molecule has 2 aromatic rings. The fraction of sp³-hybridized carbons (Fsp3) is 0.250. The Morgan fingerprint density at radius 3 is 3.00 bits per heavy atom. The van der Waals surface area contributed by atoms with Gasteiger partial charge in [0.25, 0.3) is 5.69 Å². The summed E-state index contributed by atoms with van der Waals surface area (Å²) in [4.78, 5) is 10.4. The Hall–Kier alpha value is -2.12. The third kappa shape index (κ3) is 3.46. The number of hydrogen-bond donors (Lipinski definition) is 2. The molecule has 106 valence electrons. The number of benzene rings is 1. The number of anilines is 1. The maximum atomic E-state index is 10.9. The van der Waals surface area contributed by atoms with Crippen molar-refractivity contribution >= 4 is 23.0 Å². The second-order valence-corrected chi connectivity index (χ2v) is 4.54. The Morgan fingerprint density at radius 1 is 1.50 bits per heavy atom. The van der Waals surface area contributed by atoms with Crippen LogP contribution in [0.5, 0.6) is 0 Å². The second kappa shape index (κ2) is 6.36. The number of hydrogen-bond acceptors (Lipinski definition) is 5. The van der Waals surface area contributed by atoms with Crippen LogP contribution in [0.2, 0.25) is 5.02 Å². The van der Waals surface area contributed by atoms with Crippen LogP contribution in [0, 0.1) is 10.1 Å². The number of halogens is 1. The van der Waals surface area contributed by atoms with Gasteiger partial charge in [-0.05, 0) is 12.1 Å². The zero-order valence-corrected chi connectivity index (χ0v) is 11.2. The van der Waals surface area contributed by atoms with Crippen molar-refractivity contribution in [3.8, 4) is 0 Å². The Labute approximate surface area is 119 Å². The Morgan fingerprint density at radius 2 is 2.30 bits per heavy atom. The molecule has 0 saturated carbocycles. The molecule has 1 aromatic heterocycles. The number of nitro benzene ring substituents is 1. The van der Waals surface area contributed by atoms with Gasteiger partial charge in [0.05, 0.1) is 24.3 Å². The lowest BCUT2D eigenvalue weighted by atomic mass is 10.2. The molecular formula is C12H13ClN4O3. The highest BCUT2D eigenvalue weighted by molar-refractivity contribution is 6.31. The van der Waals surface area contributed by atoms with Crippen LogP contribution >= 0.6 is 11.6 Å². The summed E-state index contributed by atoms with van der Waals surface area (Å²) >= 11 is 5.84. The van der Waals surface area contributed by atoms with Gasteiger partial charge >= 0.3 is 0 Å². The minimum Gasteiger partial charge on any atom is -0.394 e. The number of rotatable bonds is 6. The van der Waals surface area contributed by atoms with Gasteiger partial charge in [-0.15, -0.1) is 0 Å². The van der Waals surface area contributed by atoms with Crippen LogP contribution in [0.25, 0.3) is 0 Å². The topological polar surface area (TPSA) is 93.2 Å². The summed E-state index contributed by atoms with van der Waals surface area (Å²) in [7, 11) is 0. The fourth-order valence-corrected chi connectivity index (χ4v) is 1.90. The van der Waals surface area contributed by atoms with Crippen LogP contribution in [-0.4, -0.2) is 26.4 Å². The molecule has 0 amide bonds. The molecule has 0 aliphatic heterocycles. The number of nitro groups is 1. The predicted octanol–water partition coefficient (Wildman–Crippen LogP) is 2.05. The summed E-state index contributed by atoms with van der Waals surface area (Å²) in [5, 5.41) is 27.2. The molecule has 7 nitrogen and oxygen atoms in total. The third-order valence-corrected chi connectivity index (χ3v) is 2.89. The van der Waals surface area contributed by atoms with E-state index in [-0.39, 0.29) is 12.3 Å². The van der Waals surface area contributed by atoms with Crippen molar-refractivity contribution in [2.24, 2.45) is 0 Å². The maximum absolute atomic E-state index is 10.9. The molecule has 0 spiro atoms. The molecule has 0 saturated heterocycles. The van der Waals surface area contributed by atoms with Gasteiger partial charge in [-0.2, -0.15) is 5.10 Å². The van der Waals surface area contributed by atoms with E-state index in [4.69, 9.17) is 16.7 Å².